The number of amides is 2. The first-order valence-corrected chi connectivity index (χ1v) is 7.34. The first kappa shape index (κ1) is 15.9. The van der Waals surface area contributed by atoms with Gasteiger partial charge in [0.05, 0.1) is 11.9 Å². The van der Waals surface area contributed by atoms with Gasteiger partial charge in [-0.05, 0) is 17.5 Å². The summed E-state index contributed by atoms with van der Waals surface area (Å²) in [4.78, 5) is 27.9. The number of pyridine rings is 1. The molecule has 0 radical (unpaired) electrons. The standard InChI is InChI=1S/C17H21N3O2/c1-12(2)13-4-5-15-14(8-13)9-18-10-16(15)20(3)7-6-17(22)19-11-21/h4-5,8-12H,6-7H2,1-3H3,(H,19,21,22). The van der Waals surface area contributed by atoms with Crippen molar-refractivity contribution in [3.63, 3.8) is 0 Å². The molecule has 0 fully saturated rings. The summed E-state index contributed by atoms with van der Waals surface area (Å²) in [6, 6.07) is 6.39. The highest BCUT2D eigenvalue weighted by atomic mass is 16.2. The molecule has 1 aromatic heterocycles. The van der Waals surface area contributed by atoms with E-state index < -0.39 is 0 Å². The molecule has 116 valence electrons. The number of nitrogens with zero attached hydrogens (tertiary/aromatic N) is 2. The molecule has 5 heteroatoms. The van der Waals surface area contributed by atoms with E-state index in [-0.39, 0.29) is 12.3 Å². The molecule has 1 N–H and O–H groups in total. The molecule has 1 heterocycles. The Hall–Kier alpha value is -2.43. The number of hydrogen-bond acceptors (Lipinski definition) is 4. The van der Waals surface area contributed by atoms with Crippen LogP contribution >= 0.6 is 0 Å². The smallest absolute Gasteiger partial charge is 0.228 e. The molecule has 22 heavy (non-hydrogen) atoms. The number of imide groups is 1. The van der Waals surface area contributed by atoms with E-state index in [1.54, 1.807) is 6.20 Å². The van der Waals surface area contributed by atoms with Crippen molar-refractivity contribution in [1.82, 2.24) is 10.3 Å². The molecule has 2 aromatic rings. The van der Waals surface area contributed by atoms with Crippen LogP contribution in [0.5, 0.6) is 0 Å². The van der Waals surface area contributed by atoms with Gasteiger partial charge < -0.3 is 4.90 Å². The molecule has 0 aliphatic rings. The van der Waals surface area contributed by atoms with Crippen LogP contribution in [0.1, 0.15) is 31.7 Å². The van der Waals surface area contributed by atoms with Crippen LogP contribution in [-0.4, -0.2) is 30.9 Å². The molecule has 0 atom stereocenters. The predicted octanol–water partition coefficient (Wildman–Crippen LogP) is 2.46. The Bertz CT molecular complexity index is 683. The number of benzene rings is 1. The van der Waals surface area contributed by atoms with Crippen molar-refractivity contribution in [3.05, 3.63) is 36.2 Å². The Morgan fingerprint density at radius 3 is 2.82 bits per heavy atom. The number of nitrogens with one attached hydrogen (secondary N) is 1. The molecule has 0 unspecified atom stereocenters. The van der Waals surface area contributed by atoms with Crippen molar-refractivity contribution < 1.29 is 9.59 Å². The van der Waals surface area contributed by atoms with Gasteiger partial charge in [0.1, 0.15) is 0 Å². The lowest BCUT2D eigenvalue weighted by atomic mass is 9.99. The van der Waals surface area contributed by atoms with Crippen LogP contribution in [0.2, 0.25) is 0 Å². The third-order valence-corrected chi connectivity index (χ3v) is 3.73. The number of carbonyl (C=O) groups is 2. The van der Waals surface area contributed by atoms with E-state index in [0.29, 0.717) is 18.9 Å². The molecule has 0 saturated heterocycles. The van der Waals surface area contributed by atoms with Gasteiger partial charge in [-0.2, -0.15) is 0 Å². The van der Waals surface area contributed by atoms with Gasteiger partial charge in [0.15, 0.2) is 0 Å². The van der Waals surface area contributed by atoms with Gasteiger partial charge in [-0.1, -0.05) is 26.0 Å². The van der Waals surface area contributed by atoms with E-state index in [0.717, 1.165) is 16.5 Å². The summed E-state index contributed by atoms with van der Waals surface area (Å²) in [5.74, 6) is 0.190. The van der Waals surface area contributed by atoms with E-state index in [1.165, 1.54) is 5.56 Å². The lowest BCUT2D eigenvalue weighted by Gasteiger charge is -2.20. The Kier molecular flexibility index (Phi) is 5.09. The topological polar surface area (TPSA) is 62.3 Å². The molecular formula is C17H21N3O2. The Morgan fingerprint density at radius 1 is 1.36 bits per heavy atom. The molecule has 0 aliphatic carbocycles. The normalized spacial score (nSPS) is 10.7. The monoisotopic (exact) mass is 299 g/mol. The molecule has 2 rings (SSSR count). The van der Waals surface area contributed by atoms with Gasteiger partial charge >= 0.3 is 0 Å². The lowest BCUT2D eigenvalue weighted by Crippen LogP contribution is -2.27. The largest absolute Gasteiger partial charge is 0.372 e. The Labute approximate surface area is 130 Å². The minimum atomic E-state index is -0.280. The summed E-state index contributed by atoms with van der Waals surface area (Å²) in [6.45, 7) is 4.85. The maximum atomic E-state index is 11.4. The van der Waals surface area contributed by atoms with E-state index in [1.807, 2.05) is 18.1 Å². The maximum Gasteiger partial charge on any atom is 0.228 e. The van der Waals surface area contributed by atoms with Crippen LogP contribution in [0.4, 0.5) is 5.69 Å². The SMILES string of the molecule is CC(C)c1ccc2c(N(C)CCC(=O)NC=O)cncc2c1. The highest BCUT2D eigenvalue weighted by molar-refractivity contribution is 5.94. The van der Waals surface area contributed by atoms with E-state index in [2.05, 4.69) is 42.3 Å². The second-order valence-corrected chi connectivity index (χ2v) is 5.65. The van der Waals surface area contributed by atoms with Crippen LogP contribution in [0.25, 0.3) is 10.8 Å². The second kappa shape index (κ2) is 7.02. The molecule has 0 saturated carbocycles. The first-order valence-electron chi connectivity index (χ1n) is 7.34. The van der Waals surface area contributed by atoms with Gasteiger partial charge in [0.2, 0.25) is 12.3 Å². The van der Waals surface area contributed by atoms with Crippen molar-refractivity contribution in [2.75, 3.05) is 18.5 Å². The summed E-state index contributed by atoms with van der Waals surface area (Å²) in [5.41, 5.74) is 2.26. The summed E-state index contributed by atoms with van der Waals surface area (Å²) in [5, 5.41) is 4.35. The summed E-state index contributed by atoms with van der Waals surface area (Å²) >= 11 is 0. The van der Waals surface area contributed by atoms with Crippen LogP contribution in [-0.2, 0) is 9.59 Å². The van der Waals surface area contributed by atoms with Crippen molar-refractivity contribution >= 4 is 28.8 Å². The van der Waals surface area contributed by atoms with Gasteiger partial charge in [-0.3, -0.25) is 19.9 Å². The molecule has 5 nitrogen and oxygen atoms in total. The van der Waals surface area contributed by atoms with E-state index in [9.17, 15) is 9.59 Å². The van der Waals surface area contributed by atoms with Crippen molar-refractivity contribution in [2.45, 2.75) is 26.2 Å². The van der Waals surface area contributed by atoms with Crippen LogP contribution in [0.3, 0.4) is 0 Å². The fraction of sp³-hybridized carbons (Fsp3) is 0.353. The van der Waals surface area contributed by atoms with Crippen LogP contribution < -0.4 is 10.2 Å². The van der Waals surface area contributed by atoms with Crippen molar-refractivity contribution in [3.8, 4) is 0 Å². The number of rotatable bonds is 6. The summed E-state index contributed by atoms with van der Waals surface area (Å²) < 4.78 is 0. The van der Waals surface area contributed by atoms with Crippen LogP contribution in [0, 0.1) is 0 Å². The zero-order valence-corrected chi connectivity index (χ0v) is 13.2. The average Bonchev–Trinajstić information content (AvgIpc) is 2.51. The predicted molar refractivity (Wildman–Crippen MR) is 87.9 cm³/mol. The van der Waals surface area contributed by atoms with Gasteiger partial charge in [-0.25, -0.2) is 0 Å². The zero-order chi connectivity index (χ0) is 16.1. The molecule has 0 aliphatic heterocycles. The number of anilines is 1. The highest BCUT2D eigenvalue weighted by Gasteiger charge is 2.10. The minimum absolute atomic E-state index is 0.260. The second-order valence-electron chi connectivity index (χ2n) is 5.65. The quantitative estimate of drug-likeness (QED) is 0.832. The Morgan fingerprint density at radius 2 is 2.14 bits per heavy atom. The lowest BCUT2D eigenvalue weighted by molar-refractivity contribution is -0.125. The highest BCUT2D eigenvalue weighted by Crippen LogP contribution is 2.28. The summed E-state index contributed by atoms with van der Waals surface area (Å²) in [6.07, 6.45) is 4.33. The van der Waals surface area contributed by atoms with Gasteiger partial charge in [-0.15, -0.1) is 0 Å². The van der Waals surface area contributed by atoms with Crippen LogP contribution in [0.15, 0.2) is 30.6 Å². The van der Waals surface area contributed by atoms with E-state index >= 15 is 0 Å². The average molecular weight is 299 g/mol. The molecule has 0 bridgehead atoms. The molecule has 2 amide bonds. The number of fused-ring (bicyclic) bond motifs is 1. The number of aromatic nitrogens is 1. The maximum absolute atomic E-state index is 11.4. The fourth-order valence-corrected chi connectivity index (χ4v) is 2.37. The third-order valence-electron chi connectivity index (χ3n) is 3.73. The molecule has 0 spiro atoms. The van der Waals surface area contributed by atoms with Crippen molar-refractivity contribution in [1.29, 1.82) is 0 Å². The number of hydrogen-bond donors (Lipinski definition) is 1. The molecular weight excluding hydrogens is 278 g/mol. The Balaban J connectivity index is 2.23. The van der Waals surface area contributed by atoms with E-state index in [4.69, 9.17) is 0 Å². The summed E-state index contributed by atoms with van der Waals surface area (Å²) in [7, 11) is 1.92. The van der Waals surface area contributed by atoms with Gasteiger partial charge in [0.25, 0.3) is 0 Å². The molecule has 1 aromatic carbocycles. The van der Waals surface area contributed by atoms with Gasteiger partial charge in [0, 0.05) is 37.0 Å². The zero-order valence-electron chi connectivity index (χ0n) is 13.2. The van der Waals surface area contributed by atoms with Crippen molar-refractivity contribution in [2.24, 2.45) is 0 Å². The minimum Gasteiger partial charge on any atom is -0.372 e. The number of carbonyl (C=O) groups excluding carboxylic acids is 2. The third kappa shape index (κ3) is 3.61. The first-order chi connectivity index (χ1) is 10.5. The fourth-order valence-electron chi connectivity index (χ4n) is 2.37.